The molecule has 1 fully saturated rings. The Morgan fingerprint density at radius 3 is 3.05 bits per heavy atom. The molecule has 1 aromatic rings. The van der Waals surface area contributed by atoms with E-state index in [1.807, 2.05) is 19.2 Å². The Bertz CT molecular complexity index is 502. The number of hydrogen-bond donors (Lipinski definition) is 0. The topological polar surface area (TPSA) is 38.8 Å². The number of ether oxygens (including phenoxy) is 2. The standard InChI is InChI=1S/C15H19NO3/c1-16-9-7-13(14(17)18-2)15(16)12-6-4-3-5-11(12)8-10-19-15/h3-6,13H,7-10H2,1-2H3/t13?,15-/m1/s1. The van der Waals surface area contributed by atoms with Crippen molar-refractivity contribution in [1.29, 1.82) is 0 Å². The fraction of sp³-hybridized carbons (Fsp3) is 0.533. The minimum atomic E-state index is -0.637. The van der Waals surface area contributed by atoms with Crippen LogP contribution < -0.4 is 0 Å². The Hall–Kier alpha value is -1.39. The quantitative estimate of drug-likeness (QED) is 0.719. The van der Waals surface area contributed by atoms with E-state index in [0.29, 0.717) is 6.61 Å². The lowest BCUT2D eigenvalue weighted by molar-refractivity contribution is -0.188. The van der Waals surface area contributed by atoms with Crippen LogP contribution in [0.2, 0.25) is 0 Å². The zero-order chi connectivity index (χ0) is 13.5. The van der Waals surface area contributed by atoms with E-state index in [4.69, 9.17) is 9.47 Å². The lowest BCUT2D eigenvalue weighted by atomic mass is 9.84. The molecule has 1 saturated heterocycles. The smallest absolute Gasteiger partial charge is 0.313 e. The fourth-order valence-electron chi connectivity index (χ4n) is 3.46. The first-order valence-electron chi connectivity index (χ1n) is 6.71. The van der Waals surface area contributed by atoms with E-state index in [1.165, 1.54) is 12.7 Å². The Morgan fingerprint density at radius 1 is 1.47 bits per heavy atom. The predicted octanol–water partition coefficient (Wildman–Crippen LogP) is 1.54. The molecule has 0 aromatic heterocycles. The van der Waals surface area contributed by atoms with Gasteiger partial charge in [0.25, 0.3) is 0 Å². The highest BCUT2D eigenvalue weighted by Crippen LogP contribution is 2.47. The number of carbonyl (C=O) groups is 1. The summed E-state index contributed by atoms with van der Waals surface area (Å²) in [5, 5.41) is 0. The minimum Gasteiger partial charge on any atom is -0.469 e. The van der Waals surface area contributed by atoms with Crippen molar-refractivity contribution in [2.75, 3.05) is 27.3 Å². The van der Waals surface area contributed by atoms with Crippen molar-refractivity contribution in [3.63, 3.8) is 0 Å². The summed E-state index contributed by atoms with van der Waals surface area (Å²) in [7, 11) is 3.47. The van der Waals surface area contributed by atoms with Gasteiger partial charge in [0, 0.05) is 12.1 Å². The number of methoxy groups -OCH3 is 1. The molecule has 0 bridgehead atoms. The third-order valence-electron chi connectivity index (χ3n) is 4.38. The van der Waals surface area contributed by atoms with Crippen LogP contribution in [0.5, 0.6) is 0 Å². The number of likely N-dealkylation sites (tertiary alicyclic amines) is 1. The van der Waals surface area contributed by atoms with Crippen molar-refractivity contribution in [3.05, 3.63) is 35.4 Å². The van der Waals surface area contributed by atoms with Crippen LogP contribution in [-0.4, -0.2) is 38.2 Å². The van der Waals surface area contributed by atoms with Gasteiger partial charge in [-0.3, -0.25) is 9.69 Å². The van der Waals surface area contributed by atoms with Crippen LogP contribution in [0.4, 0.5) is 0 Å². The zero-order valence-electron chi connectivity index (χ0n) is 11.4. The summed E-state index contributed by atoms with van der Waals surface area (Å²) >= 11 is 0. The average Bonchev–Trinajstić information content (AvgIpc) is 2.77. The second-order valence-electron chi connectivity index (χ2n) is 5.24. The van der Waals surface area contributed by atoms with Gasteiger partial charge in [0.1, 0.15) is 5.92 Å². The van der Waals surface area contributed by atoms with E-state index < -0.39 is 5.72 Å². The summed E-state index contributed by atoms with van der Waals surface area (Å²) < 4.78 is 11.1. The third kappa shape index (κ3) is 1.70. The van der Waals surface area contributed by atoms with E-state index in [0.717, 1.165) is 24.9 Å². The fourth-order valence-corrected chi connectivity index (χ4v) is 3.46. The summed E-state index contributed by atoms with van der Waals surface area (Å²) in [6.45, 7) is 1.49. The molecule has 0 amide bonds. The van der Waals surface area contributed by atoms with Gasteiger partial charge in [0.15, 0.2) is 5.72 Å². The molecule has 0 N–H and O–H groups in total. The van der Waals surface area contributed by atoms with Gasteiger partial charge in [-0.2, -0.15) is 0 Å². The highest BCUT2D eigenvalue weighted by molar-refractivity contribution is 5.75. The molecular formula is C15H19NO3. The molecule has 2 atom stereocenters. The first-order valence-corrected chi connectivity index (χ1v) is 6.71. The van der Waals surface area contributed by atoms with Crippen molar-refractivity contribution in [2.24, 2.45) is 5.92 Å². The second kappa shape index (κ2) is 4.62. The average molecular weight is 261 g/mol. The number of rotatable bonds is 1. The van der Waals surface area contributed by atoms with Crippen LogP contribution in [0.1, 0.15) is 17.5 Å². The van der Waals surface area contributed by atoms with Crippen LogP contribution in [0.3, 0.4) is 0 Å². The van der Waals surface area contributed by atoms with Gasteiger partial charge in [0.2, 0.25) is 0 Å². The van der Waals surface area contributed by atoms with Gasteiger partial charge < -0.3 is 9.47 Å². The van der Waals surface area contributed by atoms with Crippen molar-refractivity contribution in [3.8, 4) is 0 Å². The number of carbonyl (C=O) groups excluding carboxylic acids is 1. The molecule has 1 spiro atoms. The summed E-state index contributed by atoms with van der Waals surface area (Å²) in [5.41, 5.74) is 1.76. The normalized spacial score (nSPS) is 30.3. The molecule has 2 aliphatic rings. The highest BCUT2D eigenvalue weighted by Gasteiger charge is 2.55. The first-order chi connectivity index (χ1) is 9.20. The van der Waals surface area contributed by atoms with Gasteiger partial charge in [-0.1, -0.05) is 24.3 Å². The number of hydrogen-bond acceptors (Lipinski definition) is 4. The van der Waals surface area contributed by atoms with Crippen molar-refractivity contribution in [1.82, 2.24) is 4.90 Å². The van der Waals surface area contributed by atoms with E-state index in [9.17, 15) is 4.79 Å². The maximum atomic E-state index is 12.1. The lowest BCUT2D eigenvalue weighted by Crippen LogP contribution is -2.51. The van der Waals surface area contributed by atoms with Crippen LogP contribution in [-0.2, 0) is 26.4 Å². The van der Waals surface area contributed by atoms with Crippen LogP contribution in [0.15, 0.2) is 24.3 Å². The third-order valence-corrected chi connectivity index (χ3v) is 4.38. The molecule has 2 heterocycles. The van der Waals surface area contributed by atoms with Crippen molar-refractivity contribution in [2.45, 2.75) is 18.6 Å². The van der Waals surface area contributed by atoms with Gasteiger partial charge in [-0.15, -0.1) is 0 Å². The number of benzene rings is 1. The zero-order valence-corrected chi connectivity index (χ0v) is 11.4. The first kappa shape index (κ1) is 12.6. The van der Waals surface area contributed by atoms with Crippen molar-refractivity contribution < 1.29 is 14.3 Å². The molecule has 1 aromatic carbocycles. The Morgan fingerprint density at radius 2 is 2.26 bits per heavy atom. The molecule has 0 saturated carbocycles. The Kier molecular flexibility index (Phi) is 3.07. The molecule has 4 heteroatoms. The van der Waals surface area contributed by atoms with Crippen LogP contribution in [0.25, 0.3) is 0 Å². The van der Waals surface area contributed by atoms with E-state index in [-0.39, 0.29) is 11.9 Å². The van der Waals surface area contributed by atoms with Gasteiger partial charge in [0.05, 0.1) is 13.7 Å². The van der Waals surface area contributed by atoms with Gasteiger partial charge in [-0.05, 0) is 25.5 Å². The van der Waals surface area contributed by atoms with Gasteiger partial charge in [-0.25, -0.2) is 0 Å². The predicted molar refractivity (Wildman–Crippen MR) is 70.5 cm³/mol. The molecule has 19 heavy (non-hydrogen) atoms. The Labute approximate surface area is 113 Å². The molecule has 2 aliphatic heterocycles. The lowest BCUT2D eigenvalue weighted by Gasteiger charge is -2.43. The Balaban J connectivity index is 2.13. The second-order valence-corrected chi connectivity index (χ2v) is 5.24. The van der Waals surface area contributed by atoms with Crippen molar-refractivity contribution >= 4 is 5.97 Å². The molecular weight excluding hydrogens is 242 g/mol. The monoisotopic (exact) mass is 261 g/mol. The number of fused-ring (bicyclic) bond motifs is 2. The molecule has 0 aliphatic carbocycles. The highest BCUT2D eigenvalue weighted by atomic mass is 16.5. The molecule has 0 radical (unpaired) electrons. The van der Waals surface area contributed by atoms with Crippen LogP contribution in [0, 0.1) is 5.92 Å². The summed E-state index contributed by atoms with van der Waals surface area (Å²) in [6.07, 6.45) is 1.68. The van der Waals surface area contributed by atoms with Crippen LogP contribution >= 0.6 is 0 Å². The van der Waals surface area contributed by atoms with E-state index >= 15 is 0 Å². The maximum absolute atomic E-state index is 12.1. The minimum absolute atomic E-state index is 0.180. The molecule has 1 unspecified atom stereocenters. The largest absolute Gasteiger partial charge is 0.469 e. The maximum Gasteiger partial charge on any atom is 0.313 e. The summed E-state index contributed by atoms with van der Waals surface area (Å²) in [4.78, 5) is 14.3. The van der Waals surface area contributed by atoms with E-state index in [1.54, 1.807) is 0 Å². The van der Waals surface area contributed by atoms with Gasteiger partial charge >= 0.3 is 5.97 Å². The molecule has 4 nitrogen and oxygen atoms in total. The summed E-state index contributed by atoms with van der Waals surface area (Å²) in [6, 6.07) is 8.25. The molecule has 3 rings (SSSR count). The number of nitrogens with zero attached hydrogens (tertiary/aromatic N) is 1. The molecule has 102 valence electrons. The number of esters is 1. The van der Waals surface area contributed by atoms with E-state index in [2.05, 4.69) is 17.0 Å². The SMILES string of the molecule is COC(=O)C1CCN(C)[C@]12OCCc1ccccc12. The summed E-state index contributed by atoms with van der Waals surface area (Å²) in [5.74, 6) is -0.426.